The number of benzene rings is 2. The Bertz CT molecular complexity index is 1340. The zero-order valence-electron chi connectivity index (χ0n) is 19.7. The number of esters is 2. The number of imidazole rings is 1. The highest BCUT2D eigenvalue weighted by Gasteiger charge is 2.34. The van der Waals surface area contributed by atoms with Crippen LogP contribution in [0.2, 0.25) is 0 Å². The number of nitrogen functional groups attached to an aromatic ring is 1. The molecule has 36 heavy (non-hydrogen) atoms. The Morgan fingerprint density at radius 1 is 0.833 bits per heavy atom. The third-order valence-corrected chi connectivity index (χ3v) is 6.77. The van der Waals surface area contributed by atoms with E-state index < -0.39 is 0 Å². The van der Waals surface area contributed by atoms with Crippen LogP contribution in [-0.2, 0) is 9.47 Å². The van der Waals surface area contributed by atoms with Crippen molar-refractivity contribution in [1.82, 2.24) is 19.5 Å². The van der Waals surface area contributed by atoms with Gasteiger partial charge < -0.3 is 19.8 Å². The van der Waals surface area contributed by atoms with Crippen LogP contribution < -0.4 is 5.73 Å². The van der Waals surface area contributed by atoms with Crippen molar-refractivity contribution in [2.24, 2.45) is 11.8 Å². The number of nitrogens with zero attached hydrogens (tertiary/aromatic N) is 4. The van der Waals surface area contributed by atoms with Crippen molar-refractivity contribution < 1.29 is 19.1 Å². The second kappa shape index (κ2) is 10.6. The van der Waals surface area contributed by atoms with Gasteiger partial charge in [0, 0.05) is 12.0 Å². The smallest absolute Gasteiger partial charge is 0.338 e. The van der Waals surface area contributed by atoms with Crippen LogP contribution in [-0.4, -0.2) is 44.7 Å². The van der Waals surface area contributed by atoms with E-state index in [0.29, 0.717) is 34.5 Å². The summed E-state index contributed by atoms with van der Waals surface area (Å²) in [7, 11) is 0. The van der Waals surface area contributed by atoms with Gasteiger partial charge in [-0.05, 0) is 49.4 Å². The molecule has 2 aromatic heterocycles. The largest absolute Gasteiger partial charge is 0.462 e. The lowest BCUT2D eigenvalue weighted by molar-refractivity contribution is 0.00843. The van der Waals surface area contributed by atoms with Crippen molar-refractivity contribution in [2.45, 2.75) is 25.3 Å². The molecule has 2 aromatic carbocycles. The van der Waals surface area contributed by atoms with E-state index >= 15 is 0 Å². The molecule has 184 valence electrons. The number of carbonyl (C=O) groups is 2. The van der Waals surface area contributed by atoms with Crippen molar-refractivity contribution in [3.63, 3.8) is 0 Å². The van der Waals surface area contributed by atoms with Crippen molar-refractivity contribution in [3.8, 4) is 0 Å². The highest BCUT2D eigenvalue weighted by atomic mass is 16.5. The van der Waals surface area contributed by atoms with E-state index in [1.807, 2.05) is 16.7 Å². The minimum absolute atomic E-state index is 0.0170. The van der Waals surface area contributed by atoms with Gasteiger partial charge in [-0.1, -0.05) is 36.4 Å². The quantitative estimate of drug-likeness (QED) is 0.389. The minimum Gasteiger partial charge on any atom is -0.462 e. The van der Waals surface area contributed by atoms with E-state index in [2.05, 4.69) is 15.0 Å². The molecule has 1 aliphatic rings. The van der Waals surface area contributed by atoms with Gasteiger partial charge >= 0.3 is 11.9 Å². The first-order valence-electron chi connectivity index (χ1n) is 12.0. The second-order valence-electron chi connectivity index (χ2n) is 9.00. The van der Waals surface area contributed by atoms with Crippen LogP contribution in [0, 0.1) is 11.8 Å². The molecule has 0 radical (unpaired) electrons. The zero-order valence-corrected chi connectivity index (χ0v) is 19.7. The monoisotopic (exact) mass is 485 g/mol. The van der Waals surface area contributed by atoms with Gasteiger partial charge in [-0.3, -0.25) is 0 Å². The van der Waals surface area contributed by atoms with E-state index in [-0.39, 0.29) is 43.0 Å². The Morgan fingerprint density at radius 3 is 2.08 bits per heavy atom. The zero-order chi connectivity index (χ0) is 24.9. The molecule has 5 rings (SSSR count). The topological polar surface area (TPSA) is 122 Å². The van der Waals surface area contributed by atoms with Crippen LogP contribution in [0.3, 0.4) is 0 Å². The molecule has 3 atom stereocenters. The highest BCUT2D eigenvalue weighted by molar-refractivity contribution is 5.89. The summed E-state index contributed by atoms with van der Waals surface area (Å²) < 4.78 is 13.4. The molecule has 9 heteroatoms. The summed E-state index contributed by atoms with van der Waals surface area (Å²) in [5.41, 5.74) is 8.24. The Morgan fingerprint density at radius 2 is 1.44 bits per heavy atom. The molecule has 1 saturated carbocycles. The molecule has 4 aromatic rings. The van der Waals surface area contributed by atoms with Gasteiger partial charge in [0.05, 0.1) is 30.7 Å². The van der Waals surface area contributed by atoms with Crippen LogP contribution in [0.25, 0.3) is 11.2 Å². The van der Waals surface area contributed by atoms with E-state index in [4.69, 9.17) is 15.2 Å². The Kier molecular flexibility index (Phi) is 6.88. The lowest BCUT2D eigenvalue weighted by Gasteiger charge is -2.36. The molecule has 2 heterocycles. The van der Waals surface area contributed by atoms with Crippen LogP contribution in [0.5, 0.6) is 0 Å². The standard InChI is InChI=1S/C27H27N5O4/c28-24-23-25(30-16-29-24)32(17-31-23)22-12-11-20(14-35-26(33)18-7-3-1-4-8-18)21(13-22)15-36-27(34)19-9-5-2-6-10-19/h1-10,16-17,20-22H,11-15H2,(H2,28,29,30)/t20-,21-,22+/m1/s1. The molecule has 1 fully saturated rings. The predicted molar refractivity (Wildman–Crippen MR) is 133 cm³/mol. The highest BCUT2D eigenvalue weighted by Crippen LogP contribution is 2.38. The molecule has 2 N–H and O–H groups in total. The summed E-state index contributed by atoms with van der Waals surface area (Å²) in [5, 5.41) is 0. The van der Waals surface area contributed by atoms with Crippen LogP contribution in [0.15, 0.2) is 73.3 Å². The van der Waals surface area contributed by atoms with Gasteiger partial charge in [0.2, 0.25) is 0 Å². The number of carbonyl (C=O) groups excluding carboxylic acids is 2. The van der Waals surface area contributed by atoms with Crippen LogP contribution >= 0.6 is 0 Å². The van der Waals surface area contributed by atoms with E-state index in [1.54, 1.807) is 54.9 Å². The third kappa shape index (κ3) is 5.05. The Labute approximate surface area is 208 Å². The molecule has 0 unspecified atom stereocenters. The number of ether oxygens (including phenoxy) is 2. The van der Waals surface area contributed by atoms with Crippen molar-refractivity contribution in [1.29, 1.82) is 0 Å². The first kappa shape index (κ1) is 23.5. The fourth-order valence-corrected chi connectivity index (χ4v) is 4.80. The molecule has 0 spiro atoms. The first-order chi connectivity index (χ1) is 17.6. The molecule has 0 amide bonds. The SMILES string of the molecule is Nc1ncnc2c1ncn2[C@H]1CC[C@H](COC(=O)c2ccccc2)[C@@H](COC(=O)c2ccccc2)C1. The van der Waals surface area contributed by atoms with Gasteiger partial charge in [0.1, 0.15) is 11.8 Å². The number of hydrogen-bond acceptors (Lipinski definition) is 8. The fourth-order valence-electron chi connectivity index (χ4n) is 4.80. The van der Waals surface area contributed by atoms with Crippen molar-refractivity contribution in [2.75, 3.05) is 18.9 Å². The number of fused-ring (bicyclic) bond motifs is 1. The summed E-state index contributed by atoms with van der Waals surface area (Å²) in [6.07, 6.45) is 5.52. The van der Waals surface area contributed by atoms with E-state index in [9.17, 15) is 9.59 Å². The summed E-state index contributed by atoms with van der Waals surface area (Å²) >= 11 is 0. The Hall–Kier alpha value is -4.27. The normalized spacial score (nSPS) is 19.6. The summed E-state index contributed by atoms with van der Waals surface area (Å²) in [5.74, 6) is -0.353. The van der Waals surface area contributed by atoms with Crippen molar-refractivity contribution in [3.05, 3.63) is 84.4 Å². The second-order valence-corrected chi connectivity index (χ2v) is 9.00. The maximum Gasteiger partial charge on any atom is 0.338 e. The fraction of sp³-hybridized carbons (Fsp3) is 0.296. The molecule has 0 bridgehead atoms. The van der Waals surface area contributed by atoms with Gasteiger partial charge in [-0.25, -0.2) is 24.5 Å². The number of anilines is 1. The minimum atomic E-state index is -0.369. The lowest BCUT2D eigenvalue weighted by Crippen LogP contribution is -2.33. The van der Waals surface area contributed by atoms with Gasteiger partial charge in [0.15, 0.2) is 11.5 Å². The van der Waals surface area contributed by atoms with E-state index in [1.165, 1.54) is 6.33 Å². The van der Waals surface area contributed by atoms with Crippen LogP contribution in [0.4, 0.5) is 5.82 Å². The average Bonchev–Trinajstić information content (AvgIpc) is 3.37. The van der Waals surface area contributed by atoms with Gasteiger partial charge in [-0.2, -0.15) is 0 Å². The maximum atomic E-state index is 12.6. The summed E-state index contributed by atoms with van der Waals surface area (Å²) in [6, 6.07) is 17.9. The first-order valence-corrected chi connectivity index (χ1v) is 12.0. The molecule has 0 saturated heterocycles. The average molecular weight is 486 g/mol. The lowest BCUT2D eigenvalue weighted by atomic mass is 9.77. The Balaban J connectivity index is 1.31. The van der Waals surface area contributed by atoms with Gasteiger partial charge in [-0.15, -0.1) is 0 Å². The molecule has 9 nitrogen and oxygen atoms in total. The molecule has 1 aliphatic carbocycles. The number of rotatable bonds is 7. The van der Waals surface area contributed by atoms with Crippen molar-refractivity contribution >= 4 is 28.9 Å². The maximum absolute atomic E-state index is 12.6. The van der Waals surface area contributed by atoms with Crippen LogP contribution in [0.1, 0.15) is 46.0 Å². The number of nitrogens with two attached hydrogens (primary N) is 1. The summed E-state index contributed by atoms with van der Waals surface area (Å²) in [4.78, 5) is 37.9. The number of aromatic nitrogens is 4. The van der Waals surface area contributed by atoms with Gasteiger partial charge in [0.25, 0.3) is 0 Å². The molecule has 0 aliphatic heterocycles. The van der Waals surface area contributed by atoms with E-state index in [0.717, 1.165) is 12.8 Å². The number of hydrogen-bond donors (Lipinski definition) is 1. The predicted octanol–water partition coefficient (Wildman–Crippen LogP) is 4.08. The molecular formula is C27H27N5O4. The molecular weight excluding hydrogens is 458 g/mol. The third-order valence-electron chi connectivity index (χ3n) is 6.77. The summed E-state index contributed by atoms with van der Waals surface area (Å²) in [6.45, 7) is 0.481.